The van der Waals surface area contributed by atoms with E-state index in [-0.39, 0.29) is 6.61 Å². The third kappa shape index (κ3) is 3.52. The van der Waals surface area contributed by atoms with Gasteiger partial charge in [-0.3, -0.25) is 4.90 Å². The van der Waals surface area contributed by atoms with E-state index in [2.05, 4.69) is 54.5 Å². The lowest BCUT2D eigenvalue weighted by Gasteiger charge is -2.37. The second-order valence-corrected chi connectivity index (χ2v) is 7.17. The lowest BCUT2D eigenvalue weighted by atomic mass is 10.2. The van der Waals surface area contributed by atoms with Gasteiger partial charge in [0.05, 0.1) is 4.88 Å². The highest BCUT2D eigenvalue weighted by molar-refractivity contribution is 8.00. The topological polar surface area (TPSA) is 23.5 Å². The number of hydrogen-bond donors (Lipinski definition) is 1. The van der Waals surface area contributed by atoms with E-state index in [4.69, 9.17) is 5.11 Å². The molecule has 2 heterocycles. The summed E-state index contributed by atoms with van der Waals surface area (Å²) in [6, 6.07) is 4.85. The van der Waals surface area contributed by atoms with Crippen molar-refractivity contribution in [3.05, 3.63) is 21.9 Å². The van der Waals surface area contributed by atoms with Crippen LogP contribution in [0, 0.1) is 11.8 Å². The first-order chi connectivity index (χ1) is 8.70. The second-order valence-electron chi connectivity index (χ2n) is 4.51. The maximum Gasteiger partial charge on any atom is 0.104 e. The average Bonchev–Trinajstić information content (AvgIpc) is 2.80. The summed E-state index contributed by atoms with van der Waals surface area (Å²) in [5.74, 6) is 6.89. The first kappa shape index (κ1) is 14.0. The quantitative estimate of drug-likeness (QED) is 0.842. The highest BCUT2D eigenvalue weighted by Crippen LogP contribution is 2.27. The molecule has 1 aromatic heterocycles. The molecule has 4 heteroatoms. The number of nitrogens with zero attached hydrogens (tertiary/aromatic N) is 1. The molecule has 1 saturated heterocycles. The molecule has 0 radical (unpaired) electrons. The Kier molecular flexibility index (Phi) is 5.13. The molecule has 2 rings (SSSR count). The fourth-order valence-electron chi connectivity index (χ4n) is 2.08. The van der Waals surface area contributed by atoms with Crippen LogP contribution in [-0.2, 0) is 6.54 Å². The first-order valence-corrected chi connectivity index (χ1v) is 8.11. The van der Waals surface area contributed by atoms with Crippen LogP contribution in [0.15, 0.2) is 12.1 Å². The van der Waals surface area contributed by atoms with Crippen LogP contribution in [0.5, 0.6) is 0 Å². The number of aliphatic hydroxyl groups excluding tert-OH is 1. The van der Waals surface area contributed by atoms with Crippen LogP contribution in [0.4, 0.5) is 0 Å². The number of thiophene rings is 1. The van der Waals surface area contributed by atoms with Crippen LogP contribution in [0.1, 0.15) is 23.6 Å². The van der Waals surface area contributed by atoms with Gasteiger partial charge in [-0.05, 0) is 19.1 Å². The van der Waals surface area contributed by atoms with Gasteiger partial charge in [0.15, 0.2) is 0 Å². The Morgan fingerprint density at radius 3 is 3.06 bits per heavy atom. The van der Waals surface area contributed by atoms with Crippen molar-refractivity contribution in [3.8, 4) is 11.8 Å². The van der Waals surface area contributed by atoms with Crippen molar-refractivity contribution < 1.29 is 5.11 Å². The zero-order valence-corrected chi connectivity index (χ0v) is 12.5. The van der Waals surface area contributed by atoms with Gasteiger partial charge >= 0.3 is 0 Å². The molecule has 0 amide bonds. The summed E-state index contributed by atoms with van der Waals surface area (Å²) < 4.78 is 0. The van der Waals surface area contributed by atoms with E-state index in [0.717, 1.165) is 11.4 Å². The highest BCUT2D eigenvalue weighted by Gasteiger charge is 2.25. The molecule has 0 aromatic carbocycles. The molecule has 0 spiro atoms. The lowest BCUT2D eigenvalue weighted by molar-refractivity contribution is 0.206. The summed E-state index contributed by atoms with van der Waals surface area (Å²) in [4.78, 5) is 4.96. The summed E-state index contributed by atoms with van der Waals surface area (Å²) in [5, 5.41) is 9.39. The molecule has 0 saturated carbocycles. The predicted molar refractivity (Wildman–Crippen MR) is 80.1 cm³/mol. The molecule has 2 unspecified atom stereocenters. The van der Waals surface area contributed by atoms with Crippen molar-refractivity contribution >= 4 is 23.1 Å². The minimum absolute atomic E-state index is 0.0644. The summed E-state index contributed by atoms with van der Waals surface area (Å²) in [6.45, 7) is 6.76. The zero-order chi connectivity index (χ0) is 13.0. The van der Waals surface area contributed by atoms with Crippen molar-refractivity contribution in [3.63, 3.8) is 0 Å². The Hall–Kier alpha value is -0.470. The molecule has 2 nitrogen and oxygen atoms in total. The van der Waals surface area contributed by atoms with Crippen LogP contribution in [-0.4, -0.2) is 40.2 Å². The zero-order valence-electron chi connectivity index (χ0n) is 10.8. The van der Waals surface area contributed by atoms with E-state index in [1.54, 1.807) is 11.3 Å². The molecule has 0 bridgehead atoms. The fraction of sp³-hybridized carbons (Fsp3) is 0.571. The summed E-state index contributed by atoms with van der Waals surface area (Å²) >= 11 is 3.80. The minimum atomic E-state index is -0.0644. The van der Waals surface area contributed by atoms with Crippen LogP contribution in [0.25, 0.3) is 0 Å². The molecule has 0 aliphatic carbocycles. The van der Waals surface area contributed by atoms with Gasteiger partial charge < -0.3 is 5.11 Å². The molecule has 98 valence electrons. The first-order valence-electron chi connectivity index (χ1n) is 6.25. The van der Waals surface area contributed by atoms with E-state index in [0.29, 0.717) is 11.3 Å². The van der Waals surface area contributed by atoms with E-state index in [1.165, 1.54) is 17.2 Å². The van der Waals surface area contributed by atoms with Crippen LogP contribution < -0.4 is 0 Å². The van der Waals surface area contributed by atoms with Gasteiger partial charge in [0.1, 0.15) is 6.61 Å². The van der Waals surface area contributed by atoms with Crippen LogP contribution in [0.2, 0.25) is 0 Å². The SMILES string of the molecule is CC1SCCN(Cc2ccc(C#CCO)s2)C1C. The van der Waals surface area contributed by atoms with Crippen molar-refractivity contribution in [2.75, 3.05) is 18.9 Å². The Morgan fingerprint density at radius 2 is 2.28 bits per heavy atom. The smallest absolute Gasteiger partial charge is 0.104 e. The maximum atomic E-state index is 8.68. The Bertz CT molecular complexity index is 446. The Balaban J connectivity index is 1.98. The molecule has 18 heavy (non-hydrogen) atoms. The summed E-state index contributed by atoms with van der Waals surface area (Å²) in [7, 11) is 0. The third-order valence-electron chi connectivity index (χ3n) is 3.33. The number of hydrogen-bond acceptors (Lipinski definition) is 4. The summed E-state index contributed by atoms with van der Waals surface area (Å²) in [6.07, 6.45) is 0. The molecule has 1 fully saturated rings. The van der Waals surface area contributed by atoms with Crippen molar-refractivity contribution in [1.82, 2.24) is 4.90 Å². The molecule has 2 atom stereocenters. The van der Waals surface area contributed by atoms with Crippen molar-refractivity contribution in [2.24, 2.45) is 0 Å². The van der Waals surface area contributed by atoms with Gasteiger partial charge in [-0.1, -0.05) is 18.8 Å². The standard InChI is InChI=1S/C14H19NOS2/c1-11-12(2)17-9-7-15(11)10-14-6-5-13(18-14)4-3-8-16/h5-6,11-12,16H,7-10H2,1-2H3. The van der Waals surface area contributed by atoms with Crippen LogP contribution in [0.3, 0.4) is 0 Å². The van der Waals surface area contributed by atoms with Crippen molar-refractivity contribution in [2.45, 2.75) is 31.7 Å². The van der Waals surface area contributed by atoms with Gasteiger partial charge in [0.2, 0.25) is 0 Å². The molecular formula is C14H19NOS2. The Morgan fingerprint density at radius 1 is 1.44 bits per heavy atom. The van der Waals surface area contributed by atoms with E-state index >= 15 is 0 Å². The monoisotopic (exact) mass is 281 g/mol. The number of aliphatic hydroxyl groups is 1. The van der Waals surface area contributed by atoms with Gasteiger partial charge in [0, 0.05) is 35.0 Å². The molecule has 1 aliphatic heterocycles. The predicted octanol–water partition coefficient (Wildman–Crippen LogP) is 2.42. The molecule has 1 aliphatic rings. The normalized spacial score (nSPS) is 24.6. The van der Waals surface area contributed by atoms with Crippen molar-refractivity contribution in [1.29, 1.82) is 0 Å². The lowest BCUT2D eigenvalue weighted by Crippen LogP contribution is -2.43. The van der Waals surface area contributed by atoms with Gasteiger partial charge in [0.25, 0.3) is 0 Å². The molecule has 1 aromatic rings. The van der Waals surface area contributed by atoms with Gasteiger partial charge in [-0.15, -0.1) is 11.3 Å². The van der Waals surface area contributed by atoms with E-state index in [9.17, 15) is 0 Å². The largest absolute Gasteiger partial charge is 0.384 e. The third-order valence-corrected chi connectivity index (χ3v) is 5.65. The summed E-state index contributed by atoms with van der Waals surface area (Å²) in [5.41, 5.74) is 0. The maximum absolute atomic E-state index is 8.68. The van der Waals surface area contributed by atoms with Crippen LogP contribution >= 0.6 is 23.1 Å². The van der Waals surface area contributed by atoms with Gasteiger partial charge in [-0.2, -0.15) is 11.8 Å². The molecular weight excluding hydrogens is 262 g/mol. The van der Waals surface area contributed by atoms with E-state index in [1.807, 2.05) is 0 Å². The Labute approximate surface area is 117 Å². The second kappa shape index (κ2) is 6.63. The molecule has 1 N–H and O–H groups in total. The number of thioether (sulfide) groups is 1. The van der Waals surface area contributed by atoms with Gasteiger partial charge in [-0.25, -0.2) is 0 Å². The van der Waals surface area contributed by atoms with E-state index < -0.39 is 0 Å². The fourth-order valence-corrected chi connectivity index (χ4v) is 4.15. The minimum Gasteiger partial charge on any atom is -0.384 e. The highest BCUT2D eigenvalue weighted by atomic mass is 32.2. The average molecular weight is 281 g/mol. The number of rotatable bonds is 2.